The van der Waals surface area contributed by atoms with Gasteiger partial charge in [-0.15, -0.1) is 11.8 Å². The van der Waals surface area contributed by atoms with E-state index in [-0.39, 0.29) is 29.4 Å². The van der Waals surface area contributed by atoms with Crippen LogP contribution < -0.4 is 26.5 Å². The van der Waals surface area contributed by atoms with Crippen molar-refractivity contribution in [3.63, 3.8) is 0 Å². The summed E-state index contributed by atoms with van der Waals surface area (Å²) >= 11 is 2.27. The van der Waals surface area contributed by atoms with Crippen molar-refractivity contribution in [2.75, 3.05) is 18.6 Å². The largest absolute Gasteiger partial charge is 0.543 e. The number of nitrogens with two attached hydrogens (primary N) is 2. The van der Waals surface area contributed by atoms with Crippen LogP contribution >= 0.6 is 23.3 Å². The number of anilines is 1. The zero-order valence-corrected chi connectivity index (χ0v) is 19.8. The molecule has 3 amide bonds. The smallest absolute Gasteiger partial charge is 0.276 e. The van der Waals surface area contributed by atoms with Gasteiger partial charge in [-0.3, -0.25) is 19.3 Å². The Morgan fingerprint density at radius 1 is 1.37 bits per heavy atom. The second kappa shape index (κ2) is 9.71. The first-order valence-corrected chi connectivity index (χ1v) is 11.8. The van der Waals surface area contributed by atoms with E-state index in [1.807, 2.05) is 0 Å². The van der Waals surface area contributed by atoms with Crippen LogP contribution in [0.15, 0.2) is 47.0 Å². The average molecular weight is 518 g/mol. The van der Waals surface area contributed by atoms with Crippen molar-refractivity contribution in [2.45, 2.75) is 18.0 Å². The maximum absolute atomic E-state index is 12.9. The number of nitrogens with one attached hydrogen (secondary N) is 1. The van der Waals surface area contributed by atoms with Gasteiger partial charge in [0.2, 0.25) is 5.91 Å². The number of primary amides is 1. The maximum atomic E-state index is 12.9. The summed E-state index contributed by atoms with van der Waals surface area (Å²) in [5, 5.41) is 17.9. The van der Waals surface area contributed by atoms with Crippen molar-refractivity contribution in [1.29, 1.82) is 0 Å². The molecule has 0 bridgehead atoms. The molecule has 13 nitrogen and oxygen atoms in total. The van der Waals surface area contributed by atoms with Gasteiger partial charge in [-0.05, 0) is 11.5 Å². The number of hydrogen-bond acceptors (Lipinski definition) is 11. The monoisotopic (exact) mass is 517 g/mol. The molecule has 15 heteroatoms. The van der Waals surface area contributed by atoms with Gasteiger partial charge < -0.3 is 31.5 Å². The molecule has 5 N–H and O–H groups in total. The van der Waals surface area contributed by atoms with E-state index in [0.29, 0.717) is 16.1 Å². The van der Waals surface area contributed by atoms with Gasteiger partial charge in [-0.2, -0.15) is 4.37 Å². The number of aliphatic carboxylic acids is 1. The summed E-state index contributed by atoms with van der Waals surface area (Å²) in [6, 6.07) is 3.48. The van der Waals surface area contributed by atoms with Crippen LogP contribution in [0.3, 0.4) is 0 Å². The Balaban J connectivity index is 1.52. The first-order chi connectivity index (χ1) is 16.7. The van der Waals surface area contributed by atoms with Crippen LogP contribution in [-0.4, -0.2) is 63.0 Å². The number of carboxylic acids is 1. The molecule has 0 aromatic carbocycles. The summed E-state index contributed by atoms with van der Waals surface area (Å²) in [5.41, 5.74) is 11.4. The van der Waals surface area contributed by atoms with Crippen molar-refractivity contribution >= 4 is 57.7 Å². The van der Waals surface area contributed by atoms with Crippen molar-refractivity contribution in [3.8, 4) is 0 Å². The number of thioether (sulfide) groups is 1. The van der Waals surface area contributed by atoms with E-state index in [9.17, 15) is 24.3 Å². The third-order valence-corrected chi connectivity index (χ3v) is 7.20. The lowest BCUT2D eigenvalue weighted by Crippen LogP contribution is -2.71. The molecule has 2 aliphatic heterocycles. The SMILES string of the molecule is CO/N=C(\C(=O)N[C@@H]1C(=O)N2C(C(=O)[O-])=C(C[n+]3ccc(C(N)=O)cc3)CS[C@H]12)c1cc(N)sn1. The van der Waals surface area contributed by atoms with E-state index in [1.165, 1.54) is 37.1 Å². The van der Waals surface area contributed by atoms with Crippen LogP contribution in [0.5, 0.6) is 0 Å². The highest BCUT2D eigenvalue weighted by Gasteiger charge is 2.53. The molecule has 0 unspecified atom stereocenters. The third-order valence-electron chi connectivity index (χ3n) is 5.24. The Bertz CT molecular complexity index is 1270. The summed E-state index contributed by atoms with van der Waals surface area (Å²) in [6.07, 6.45) is 3.17. The number of hydrogen-bond donors (Lipinski definition) is 3. The van der Waals surface area contributed by atoms with Gasteiger partial charge >= 0.3 is 0 Å². The minimum absolute atomic E-state index is 0.152. The van der Waals surface area contributed by atoms with Crippen molar-refractivity contribution in [2.24, 2.45) is 10.9 Å². The minimum Gasteiger partial charge on any atom is -0.543 e. The van der Waals surface area contributed by atoms with E-state index in [4.69, 9.17) is 16.3 Å². The number of carbonyl (C=O) groups excluding carboxylic acids is 4. The fourth-order valence-electron chi connectivity index (χ4n) is 3.65. The molecule has 0 aliphatic carbocycles. The number of aromatic nitrogens is 2. The number of amides is 3. The van der Waals surface area contributed by atoms with Crippen LogP contribution in [0.4, 0.5) is 5.00 Å². The zero-order valence-electron chi connectivity index (χ0n) is 18.2. The van der Waals surface area contributed by atoms with E-state index in [1.54, 1.807) is 17.0 Å². The molecule has 1 saturated heterocycles. The summed E-state index contributed by atoms with van der Waals surface area (Å²) in [6.45, 7) is 0.152. The van der Waals surface area contributed by atoms with E-state index < -0.39 is 35.1 Å². The molecule has 2 aromatic heterocycles. The van der Waals surface area contributed by atoms with E-state index >= 15 is 0 Å². The summed E-state index contributed by atoms with van der Waals surface area (Å²) < 4.78 is 5.69. The summed E-state index contributed by atoms with van der Waals surface area (Å²) in [4.78, 5) is 54.7. The van der Waals surface area contributed by atoms with E-state index in [2.05, 4.69) is 14.8 Å². The third kappa shape index (κ3) is 4.67. The molecule has 4 rings (SSSR count). The number of β-lactam (4-membered cyclic amide) rings is 1. The highest BCUT2D eigenvalue weighted by Crippen LogP contribution is 2.40. The van der Waals surface area contributed by atoms with Crippen LogP contribution in [0.1, 0.15) is 16.1 Å². The number of oxime groups is 1. The van der Waals surface area contributed by atoms with Gasteiger partial charge in [0, 0.05) is 29.5 Å². The minimum atomic E-state index is -1.50. The Labute approximate surface area is 206 Å². The molecule has 0 spiro atoms. The van der Waals surface area contributed by atoms with Gasteiger partial charge in [0.05, 0.1) is 17.2 Å². The van der Waals surface area contributed by atoms with E-state index in [0.717, 1.165) is 16.4 Å². The van der Waals surface area contributed by atoms with Crippen molar-refractivity contribution in [1.82, 2.24) is 14.6 Å². The van der Waals surface area contributed by atoms with Gasteiger partial charge in [0.25, 0.3) is 11.8 Å². The molecule has 2 aliphatic rings. The Morgan fingerprint density at radius 3 is 2.66 bits per heavy atom. The van der Waals surface area contributed by atoms with Gasteiger partial charge in [0.1, 0.15) is 29.2 Å². The van der Waals surface area contributed by atoms with Gasteiger partial charge in [-0.25, -0.2) is 4.57 Å². The zero-order chi connectivity index (χ0) is 25.3. The number of fused-ring (bicyclic) bond motifs is 1. The fraction of sp³-hybridized carbons (Fsp3) is 0.250. The number of nitrogen functional groups attached to an aromatic ring is 1. The standard InChI is InChI=1S/C20H19N7O6S2/c1-33-24-13(11-6-12(21)35-25-11)17(29)23-14-18(30)27-15(20(31)32)10(8-34-19(14)27)7-26-4-2-9(3-5-26)16(22)28/h2-6,14,19H,7-8H2,1H3,(H5-,21,22,23,25,28,29,31,32)/b24-13-/t14-,19-/m1/s1. The normalized spacial score (nSPS) is 19.6. The molecule has 0 saturated carbocycles. The number of carbonyl (C=O) groups is 4. The van der Waals surface area contributed by atoms with Gasteiger partial charge in [0.15, 0.2) is 24.7 Å². The first-order valence-electron chi connectivity index (χ1n) is 10.0. The highest BCUT2D eigenvalue weighted by atomic mass is 32.2. The average Bonchev–Trinajstić information content (AvgIpc) is 3.26. The van der Waals surface area contributed by atoms with Crippen LogP contribution in [0, 0.1) is 0 Å². The van der Waals surface area contributed by atoms with Crippen LogP contribution in [0.25, 0.3) is 0 Å². The lowest BCUT2D eigenvalue weighted by molar-refractivity contribution is -0.689. The highest BCUT2D eigenvalue weighted by molar-refractivity contribution is 8.00. The van der Waals surface area contributed by atoms with Crippen molar-refractivity contribution in [3.05, 3.63) is 53.1 Å². The predicted molar refractivity (Wildman–Crippen MR) is 122 cm³/mol. The number of pyridine rings is 1. The number of rotatable bonds is 8. The summed E-state index contributed by atoms with van der Waals surface area (Å²) in [7, 11) is 1.26. The topological polar surface area (TPSA) is 197 Å². The Kier molecular flexibility index (Phi) is 6.70. The van der Waals surface area contributed by atoms with Gasteiger partial charge in [-0.1, -0.05) is 5.16 Å². The van der Waals surface area contributed by atoms with Crippen LogP contribution in [-0.2, 0) is 25.8 Å². The van der Waals surface area contributed by atoms with Crippen molar-refractivity contribution < 1.29 is 33.7 Å². The quantitative estimate of drug-likeness (QED) is 0.147. The molecule has 0 radical (unpaired) electrons. The molecule has 182 valence electrons. The maximum Gasteiger partial charge on any atom is 0.276 e. The Hall–Kier alpha value is -3.98. The summed E-state index contributed by atoms with van der Waals surface area (Å²) in [5.74, 6) is -3.13. The molecular weight excluding hydrogens is 498 g/mol. The lowest BCUT2D eigenvalue weighted by atomic mass is 10.0. The molecule has 4 heterocycles. The molecular formula is C20H19N7O6S2. The molecule has 35 heavy (non-hydrogen) atoms. The van der Waals surface area contributed by atoms with Crippen LogP contribution in [0.2, 0.25) is 0 Å². The lowest BCUT2D eigenvalue weighted by Gasteiger charge is -2.50. The fourth-order valence-corrected chi connectivity index (χ4v) is 5.49. The second-order valence-corrected chi connectivity index (χ2v) is 9.40. The first kappa shape index (κ1) is 24.2. The number of carboxylic acid groups (broad SMARTS) is 1. The molecule has 2 atom stereocenters. The predicted octanol–water partition coefficient (Wildman–Crippen LogP) is -2.43. The molecule has 2 aromatic rings. The Morgan fingerprint density at radius 2 is 2.09 bits per heavy atom. The molecule has 1 fully saturated rings. The second-order valence-electron chi connectivity index (χ2n) is 7.46. The number of nitrogens with zero attached hydrogens (tertiary/aromatic N) is 4.